The zero-order chi connectivity index (χ0) is 13.7. The molecule has 0 aliphatic rings. The molecule has 2 rings (SSSR count). The van der Waals surface area contributed by atoms with Crippen molar-refractivity contribution in [2.75, 3.05) is 7.11 Å². The summed E-state index contributed by atoms with van der Waals surface area (Å²) in [5.41, 5.74) is 1.22. The van der Waals surface area contributed by atoms with Crippen LogP contribution in [0.3, 0.4) is 0 Å². The predicted octanol–water partition coefficient (Wildman–Crippen LogP) is 4.68. The van der Waals surface area contributed by atoms with Crippen molar-refractivity contribution in [1.29, 1.82) is 0 Å². The van der Waals surface area contributed by atoms with Crippen molar-refractivity contribution in [2.24, 2.45) is 0 Å². The third kappa shape index (κ3) is 3.49. The van der Waals surface area contributed by atoms with Crippen LogP contribution in [0.4, 0.5) is 10.1 Å². The summed E-state index contributed by atoms with van der Waals surface area (Å²) in [6, 6.07) is 12.4. The van der Waals surface area contributed by atoms with E-state index in [1.54, 1.807) is 31.0 Å². The van der Waals surface area contributed by atoms with Gasteiger partial charge in [-0.2, -0.15) is 0 Å². The zero-order valence-electron chi connectivity index (χ0n) is 10.4. The first kappa shape index (κ1) is 13.4. The van der Waals surface area contributed by atoms with Gasteiger partial charge in [-0.15, -0.1) is 11.8 Å². The molecule has 0 saturated carbocycles. The summed E-state index contributed by atoms with van der Waals surface area (Å²) in [4.78, 5) is 4.05. The number of nitrogens with zero attached hydrogens (tertiary/aromatic N) is 1. The molecule has 0 aromatic heterocycles. The minimum Gasteiger partial charge on any atom is -0.497 e. The summed E-state index contributed by atoms with van der Waals surface area (Å²) >= 11 is 1.57. The smallest absolute Gasteiger partial charge is 0.223 e. The van der Waals surface area contributed by atoms with Gasteiger partial charge in [-0.3, -0.25) is 0 Å². The lowest BCUT2D eigenvalue weighted by molar-refractivity contribution is 0.414. The van der Waals surface area contributed by atoms with Crippen molar-refractivity contribution in [3.63, 3.8) is 0 Å². The van der Waals surface area contributed by atoms with Crippen molar-refractivity contribution < 1.29 is 9.13 Å². The second-order valence-corrected chi connectivity index (χ2v) is 4.91. The van der Waals surface area contributed by atoms with Crippen LogP contribution >= 0.6 is 11.8 Å². The van der Waals surface area contributed by atoms with Crippen LogP contribution < -0.4 is 4.74 Å². The first-order chi connectivity index (χ1) is 9.22. The molecule has 19 heavy (non-hydrogen) atoms. The average Bonchev–Trinajstić information content (AvgIpc) is 2.47. The van der Waals surface area contributed by atoms with Gasteiger partial charge in [0.05, 0.1) is 13.7 Å². The molecule has 0 atom stereocenters. The number of benzene rings is 2. The Morgan fingerprint density at radius 1 is 1.21 bits per heavy atom. The van der Waals surface area contributed by atoms with E-state index in [0.29, 0.717) is 0 Å². The molecular formula is C15H12FNOS. The van der Waals surface area contributed by atoms with Crippen LogP contribution in [0.1, 0.15) is 5.56 Å². The first-order valence-electron chi connectivity index (χ1n) is 5.65. The number of thioether (sulfide) groups is 1. The number of hydrogen-bond donors (Lipinski definition) is 0. The van der Waals surface area contributed by atoms with Crippen LogP contribution in [0.15, 0.2) is 47.4 Å². The summed E-state index contributed by atoms with van der Waals surface area (Å²) in [5, 5.41) is 0. The fraction of sp³-hybridized carbons (Fsp3) is 0.133. The van der Waals surface area contributed by atoms with Crippen molar-refractivity contribution >= 4 is 17.4 Å². The van der Waals surface area contributed by atoms with Gasteiger partial charge in [-0.25, -0.2) is 9.24 Å². The highest BCUT2D eigenvalue weighted by molar-refractivity contribution is 7.98. The van der Waals surface area contributed by atoms with E-state index in [9.17, 15) is 4.39 Å². The van der Waals surface area contributed by atoms with Gasteiger partial charge in [0.1, 0.15) is 11.6 Å². The Morgan fingerprint density at radius 2 is 1.95 bits per heavy atom. The van der Waals surface area contributed by atoms with Crippen molar-refractivity contribution in [1.82, 2.24) is 0 Å². The van der Waals surface area contributed by atoms with Gasteiger partial charge < -0.3 is 4.74 Å². The molecule has 2 aromatic rings. The minimum absolute atomic E-state index is 0.0692. The predicted molar refractivity (Wildman–Crippen MR) is 75.2 cm³/mol. The SMILES string of the molecule is [C-]#[N+]c1cc(SCc2ccc(OC)cc2)ccc1F. The van der Waals surface area contributed by atoms with E-state index in [0.717, 1.165) is 22.0 Å². The van der Waals surface area contributed by atoms with Gasteiger partial charge >= 0.3 is 0 Å². The Balaban J connectivity index is 2.04. The van der Waals surface area contributed by atoms with Crippen LogP contribution in [0, 0.1) is 12.4 Å². The van der Waals surface area contributed by atoms with E-state index in [1.165, 1.54) is 6.07 Å². The second-order valence-electron chi connectivity index (χ2n) is 3.86. The standard InChI is InChI=1S/C15H12FNOS/c1-17-15-9-13(7-8-14(15)16)19-10-11-3-5-12(18-2)6-4-11/h3-9H,10H2,2H3. The third-order valence-electron chi connectivity index (χ3n) is 2.60. The van der Waals surface area contributed by atoms with Gasteiger partial charge in [0.15, 0.2) is 0 Å². The maximum Gasteiger partial charge on any atom is 0.223 e. The molecule has 0 N–H and O–H groups in total. The third-order valence-corrected chi connectivity index (χ3v) is 3.67. The first-order valence-corrected chi connectivity index (χ1v) is 6.64. The monoisotopic (exact) mass is 273 g/mol. The average molecular weight is 273 g/mol. The van der Waals surface area contributed by atoms with Crippen molar-refractivity contribution in [3.8, 4) is 5.75 Å². The lowest BCUT2D eigenvalue weighted by atomic mass is 10.2. The largest absolute Gasteiger partial charge is 0.497 e. The van der Waals surface area contributed by atoms with Crippen LogP contribution in [0.2, 0.25) is 0 Å². The molecule has 2 aromatic carbocycles. The molecule has 0 heterocycles. The lowest BCUT2D eigenvalue weighted by Crippen LogP contribution is -1.84. The van der Waals surface area contributed by atoms with E-state index < -0.39 is 5.82 Å². The molecule has 4 heteroatoms. The van der Waals surface area contributed by atoms with Crippen molar-refractivity contribution in [3.05, 3.63) is 65.3 Å². The molecule has 0 saturated heterocycles. The molecule has 0 aliphatic carbocycles. The van der Waals surface area contributed by atoms with E-state index in [4.69, 9.17) is 11.3 Å². The molecule has 0 fully saturated rings. The van der Waals surface area contributed by atoms with Gasteiger partial charge in [-0.05, 0) is 40.8 Å². The molecule has 0 radical (unpaired) electrons. The minimum atomic E-state index is -0.469. The number of hydrogen-bond acceptors (Lipinski definition) is 2. The highest BCUT2D eigenvalue weighted by Crippen LogP contribution is 2.28. The Kier molecular flexibility index (Phi) is 4.43. The number of methoxy groups -OCH3 is 1. The Hall–Kier alpha value is -1.99. The molecule has 0 aliphatic heterocycles. The van der Waals surface area contributed by atoms with Crippen LogP contribution in [-0.2, 0) is 5.75 Å². The fourth-order valence-corrected chi connectivity index (χ4v) is 2.44. The molecule has 2 nitrogen and oxygen atoms in total. The highest BCUT2D eigenvalue weighted by Gasteiger charge is 2.04. The normalized spacial score (nSPS) is 9.95. The summed E-state index contributed by atoms with van der Waals surface area (Å²) in [5.74, 6) is 1.13. The molecule has 0 unspecified atom stereocenters. The lowest BCUT2D eigenvalue weighted by Gasteiger charge is -2.04. The topological polar surface area (TPSA) is 13.6 Å². The summed E-state index contributed by atoms with van der Waals surface area (Å²) < 4.78 is 18.3. The highest BCUT2D eigenvalue weighted by atomic mass is 32.2. The Morgan fingerprint density at radius 3 is 2.58 bits per heavy atom. The maximum absolute atomic E-state index is 13.2. The second kappa shape index (κ2) is 6.26. The Bertz CT molecular complexity index is 605. The zero-order valence-corrected chi connectivity index (χ0v) is 11.2. The van der Waals surface area contributed by atoms with Gasteiger partial charge in [-0.1, -0.05) is 12.1 Å². The summed E-state index contributed by atoms with van der Waals surface area (Å²) in [6.07, 6.45) is 0. The van der Waals surface area contributed by atoms with Crippen LogP contribution in [0.25, 0.3) is 4.85 Å². The molecule has 0 spiro atoms. The van der Waals surface area contributed by atoms with E-state index >= 15 is 0 Å². The fourth-order valence-electron chi connectivity index (χ4n) is 1.56. The number of rotatable bonds is 4. The van der Waals surface area contributed by atoms with E-state index in [1.807, 2.05) is 24.3 Å². The van der Waals surface area contributed by atoms with Gasteiger partial charge in [0.25, 0.3) is 0 Å². The van der Waals surface area contributed by atoms with Crippen LogP contribution in [-0.4, -0.2) is 7.11 Å². The van der Waals surface area contributed by atoms with E-state index in [-0.39, 0.29) is 5.69 Å². The quantitative estimate of drug-likeness (QED) is 0.593. The molecular weight excluding hydrogens is 261 g/mol. The van der Waals surface area contributed by atoms with E-state index in [2.05, 4.69) is 4.85 Å². The van der Waals surface area contributed by atoms with Crippen molar-refractivity contribution in [2.45, 2.75) is 10.6 Å². The number of ether oxygens (including phenoxy) is 1. The van der Waals surface area contributed by atoms with Gasteiger partial charge in [0, 0.05) is 5.75 Å². The summed E-state index contributed by atoms with van der Waals surface area (Å²) in [6.45, 7) is 6.88. The summed E-state index contributed by atoms with van der Waals surface area (Å²) in [7, 11) is 1.63. The number of halogens is 1. The Labute approximate surface area is 116 Å². The maximum atomic E-state index is 13.2. The van der Waals surface area contributed by atoms with Crippen LogP contribution in [0.5, 0.6) is 5.75 Å². The molecule has 0 amide bonds. The molecule has 96 valence electrons. The van der Waals surface area contributed by atoms with Gasteiger partial charge in [0.2, 0.25) is 5.69 Å². The molecule has 0 bridgehead atoms.